The molecule has 0 radical (unpaired) electrons. The third-order valence-electron chi connectivity index (χ3n) is 2.02. The van der Waals surface area contributed by atoms with Crippen LogP contribution < -0.4 is 0 Å². The standard InChI is InChI=1S/C18H10/c1-3-5-6-7-8-9-10-11-12-18-15-13-17(4-2)14-16-18/h1,13-16H,4H2,2H3. The fraction of sp³-hybridized carbons (Fsp3) is 0.111. The molecule has 0 aliphatic heterocycles. The van der Waals surface area contributed by atoms with E-state index in [-0.39, 0.29) is 0 Å². The van der Waals surface area contributed by atoms with Gasteiger partial charge in [0.25, 0.3) is 0 Å². The summed E-state index contributed by atoms with van der Waals surface area (Å²) >= 11 is 0. The number of aryl methyl sites for hydroxylation is 1. The van der Waals surface area contributed by atoms with Gasteiger partial charge in [-0.15, -0.1) is 6.42 Å². The zero-order chi connectivity index (χ0) is 13.1. The first-order valence-electron chi connectivity index (χ1n) is 5.42. The van der Waals surface area contributed by atoms with Crippen LogP contribution in [0.4, 0.5) is 0 Å². The Balaban J connectivity index is 2.63. The largest absolute Gasteiger partial charge is 0.106 e. The summed E-state index contributed by atoms with van der Waals surface area (Å²) in [5.41, 5.74) is 2.24. The fourth-order valence-corrected chi connectivity index (χ4v) is 1.12. The van der Waals surface area contributed by atoms with Crippen molar-refractivity contribution in [3.05, 3.63) is 35.4 Å². The molecular formula is C18H10. The van der Waals surface area contributed by atoms with Crippen molar-refractivity contribution in [2.45, 2.75) is 13.3 Å². The van der Waals surface area contributed by atoms with E-state index in [2.05, 4.69) is 72.3 Å². The quantitative estimate of drug-likeness (QED) is 0.644. The fourth-order valence-electron chi connectivity index (χ4n) is 1.12. The molecule has 0 atom stereocenters. The molecule has 0 saturated carbocycles. The molecule has 82 valence electrons. The van der Waals surface area contributed by atoms with Crippen molar-refractivity contribution in [1.82, 2.24) is 0 Å². The maximum Gasteiger partial charge on any atom is 0.0255 e. The van der Waals surface area contributed by atoms with Crippen molar-refractivity contribution in [3.8, 4) is 59.7 Å². The molecule has 0 aliphatic carbocycles. The van der Waals surface area contributed by atoms with Crippen LogP contribution in [0.25, 0.3) is 0 Å². The van der Waals surface area contributed by atoms with Gasteiger partial charge in [0.15, 0.2) is 0 Å². The minimum absolute atomic E-state index is 0.946. The minimum Gasteiger partial charge on any atom is -0.106 e. The molecule has 0 aliphatic rings. The van der Waals surface area contributed by atoms with Crippen LogP contribution in [-0.4, -0.2) is 0 Å². The predicted molar refractivity (Wildman–Crippen MR) is 74.9 cm³/mol. The van der Waals surface area contributed by atoms with Crippen molar-refractivity contribution in [2.24, 2.45) is 0 Å². The van der Waals surface area contributed by atoms with Crippen molar-refractivity contribution in [1.29, 1.82) is 0 Å². The zero-order valence-electron chi connectivity index (χ0n) is 10.1. The number of terminal acetylenes is 1. The zero-order valence-corrected chi connectivity index (χ0v) is 10.1. The average Bonchev–Trinajstić information content (AvgIpc) is 2.42. The lowest BCUT2D eigenvalue weighted by Gasteiger charge is -1.94. The highest BCUT2D eigenvalue weighted by molar-refractivity contribution is 5.45. The van der Waals surface area contributed by atoms with E-state index in [9.17, 15) is 0 Å². The van der Waals surface area contributed by atoms with Crippen LogP contribution in [-0.2, 0) is 6.42 Å². The monoisotopic (exact) mass is 226 g/mol. The van der Waals surface area contributed by atoms with E-state index in [4.69, 9.17) is 6.42 Å². The Morgan fingerprint density at radius 2 is 1.39 bits per heavy atom. The molecule has 0 saturated heterocycles. The Morgan fingerprint density at radius 1 is 0.833 bits per heavy atom. The van der Waals surface area contributed by atoms with Crippen molar-refractivity contribution >= 4 is 0 Å². The number of rotatable bonds is 1. The second-order valence-electron chi connectivity index (χ2n) is 3.19. The molecule has 1 aromatic rings. The Kier molecular flexibility index (Phi) is 5.96. The molecule has 0 heterocycles. The van der Waals surface area contributed by atoms with E-state index in [1.54, 1.807) is 0 Å². The minimum atomic E-state index is 0.946. The number of hydrogen-bond donors (Lipinski definition) is 0. The van der Waals surface area contributed by atoms with Gasteiger partial charge in [-0.1, -0.05) is 25.0 Å². The van der Waals surface area contributed by atoms with Gasteiger partial charge < -0.3 is 0 Å². The van der Waals surface area contributed by atoms with Crippen LogP contribution in [0.3, 0.4) is 0 Å². The molecule has 1 rings (SSSR count). The summed E-state index contributed by atoms with van der Waals surface area (Å²) in [5.74, 6) is 22.9. The smallest absolute Gasteiger partial charge is 0.0255 e. The van der Waals surface area contributed by atoms with E-state index in [0.717, 1.165) is 12.0 Å². The molecule has 0 fully saturated rings. The summed E-state index contributed by atoms with van der Waals surface area (Å²) in [6, 6.07) is 8.09. The Hall–Kier alpha value is -2.98. The molecule has 0 bridgehead atoms. The molecule has 0 amide bonds. The van der Waals surface area contributed by atoms with Gasteiger partial charge in [-0.25, -0.2) is 0 Å². The predicted octanol–water partition coefficient (Wildman–Crippen LogP) is 2.24. The molecule has 0 spiro atoms. The van der Waals surface area contributed by atoms with Gasteiger partial charge in [0.05, 0.1) is 0 Å². The van der Waals surface area contributed by atoms with E-state index < -0.39 is 0 Å². The lowest BCUT2D eigenvalue weighted by atomic mass is 10.1. The van der Waals surface area contributed by atoms with Gasteiger partial charge in [0.2, 0.25) is 0 Å². The van der Waals surface area contributed by atoms with E-state index in [0.29, 0.717) is 0 Å². The van der Waals surface area contributed by atoms with E-state index in [1.807, 2.05) is 12.1 Å². The summed E-state index contributed by atoms with van der Waals surface area (Å²) in [5, 5.41) is 0. The van der Waals surface area contributed by atoms with Crippen LogP contribution in [0.15, 0.2) is 24.3 Å². The number of hydrogen-bond acceptors (Lipinski definition) is 0. The first kappa shape index (κ1) is 13.1. The lowest BCUT2D eigenvalue weighted by Crippen LogP contribution is -1.79. The Bertz CT molecular complexity index is 679. The molecule has 0 unspecified atom stereocenters. The van der Waals surface area contributed by atoms with Gasteiger partial charge in [-0.3, -0.25) is 0 Å². The maximum atomic E-state index is 4.93. The molecule has 0 nitrogen and oxygen atoms in total. The maximum absolute atomic E-state index is 4.93. The molecule has 0 aromatic heterocycles. The van der Waals surface area contributed by atoms with E-state index in [1.165, 1.54) is 5.56 Å². The van der Waals surface area contributed by atoms with Crippen LogP contribution in [0, 0.1) is 59.7 Å². The van der Waals surface area contributed by atoms with Gasteiger partial charge in [-0.05, 0) is 71.5 Å². The van der Waals surface area contributed by atoms with Crippen molar-refractivity contribution in [3.63, 3.8) is 0 Å². The van der Waals surface area contributed by atoms with Gasteiger partial charge in [-0.2, -0.15) is 0 Å². The molecule has 1 aromatic carbocycles. The first-order valence-corrected chi connectivity index (χ1v) is 5.42. The number of benzene rings is 1. The van der Waals surface area contributed by atoms with Crippen LogP contribution in [0.2, 0.25) is 0 Å². The summed E-state index contributed by atoms with van der Waals surface area (Å²) < 4.78 is 0. The molecule has 18 heavy (non-hydrogen) atoms. The van der Waals surface area contributed by atoms with Crippen LogP contribution in [0.1, 0.15) is 18.1 Å². The summed E-state index contributed by atoms with van der Waals surface area (Å²) in [6.07, 6.45) is 5.96. The van der Waals surface area contributed by atoms with Crippen LogP contribution >= 0.6 is 0 Å². The molecule has 0 heteroatoms. The third kappa shape index (κ3) is 5.20. The highest BCUT2D eigenvalue weighted by atomic mass is 13.9. The molecule has 0 N–H and O–H groups in total. The van der Waals surface area contributed by atoms with Crippen molar-refractivity contribution < 1.29 is 0 Å². The van der Waals surface area contributed by atoms with Gasteiger partial charge in [0, 0.05) is 5.56 Å². The van der Waals surface area contributed by atoms with Crippen LogP contribution in [0.5, 0.6) is 0 Å². The molecular weight excluding hydrogens is 216 g/mol. The Labute approximate surface area is 109 Å². The first-order chi connectivity index (χ1) is 8.86. The Morgan fingerprint density at radius 3 is 1.94 bits per heavy atom. The SMILES string of the molecule is C#CC#CC#CC#CC#Cc1ccc(CC)cc1. The highest BCUT2D eigenvalue weighted by Gasteiger charge is 1.87. The highest BCUT2D eigenvalue weighted by Crippen LogP contribution is 2.03. The third-order valence-corrected chi connectivity index (χ3v) is 2.02. The summed E-state index contributed by atoms with van der Waals surface area (Å²) in [6.45, 7) is 2.12. The average molecular weight is 226 g/mol. The normalized spacial score (nSPS) is 6.67. The van der Waals surface area contributed by atoms with Gasteiger partial charge in [0.1, 0.15) is 0 Å². The topological polar surface area (TPSA) is 0 Å². The lowest BCUT2D eigenvalue weighted by molar-refractivity contribution is 1.14. The second kappa shape index (κ2) is 8.20. The summed E-state index contributed by atoms with van der Waals surface area (Å²) in [7, 11) is 0. The van der Waals surface area contributed by atoms with Gasteiger partial charge >= 0.3 is 0 Å². The summed E-state index contributed by atoms with van der Waals surface area (Å²) in [4.78, 5) is 0. The van der Waals surface area contributed by atoms with Crippen molar-refractivity contribution in [2.75, 3.05) is 0 Å². The second-order valence-corrected chi connectivity index (χ2v) is 3.19. The van der Waals surface area contributed by atoms with E-state index >= 15 is 0 Å².